The Morgan fingerprint density at radius 1 is 1.13 bits per heavy atom. The van der Waals surface area contributed by atoms with Crippen molar-refractivity contribution in [3.05, 3.63) is 68.3 Å². The fraction of sp³-hybridized carbons (Fsp3) is 0.222. The Morgan fingerprint density at radius 2 is 1.74 bits per heavy atom. The Balaban J connectivity index is 2.18. The third kappa shape index (κ3) is 4.79. The van der Waals surface area contributed by atoms with Gasteiger partial charge in [0.1, 0.15) is 6.04 Å². The van der Waals surface area contributed by atoms with E-state index in [9.17, 15) is 14.7 Å². The second-order valence-corrected chi connectivity index (χ2v) is 6.70. The van der Waals surface area contributed by atoms with E-state index in [1.165, 1.54) is 0 Å². The van der Waals surface area contributed by atoms with Crippen molar-refractivity contribution in [3.63, 3.8) is 0 Å². The summed E-state index contributed by atoms with van der Waals surface area (Å²) in [5, 5.41) is 12.0. The number of carbonyl (C=O) groups is 2. The smallest absolute Gasteiger partial charge is 0.326 e. The largest absolute Gasteiger partial charge is 0.480 e. The van der Waals surface area contributed by atoms with Crippen LogP contribution in [0.2, 0.25) is 0 Å². The fourth-order valence-electron chi connectivity index (χ4n) is 2.43. The first-order chi connectivity index (χ1) is 10.9. The fourth-order valence-corrected chi connectivity index (χ4v) is 3.04. The van der Waals surface area contributed by atoms with Gasteiger partial charge in [-0.2, -0.15) is 0 Å². The van der Waals surface area contributed by atoms with Gasteiger partial charge < -0.3 is 10.4 Å². The lowest BCUT2D eigenvalue weighted by molar-refractivity contribution is -0.139. The standard InChI is InChI=1S/C18H18INO3/c1-11-7-12(2)9-14(8-11)17(21)20-16(18(22)23)10-13-5-3-4-6-15(13)19/h3-9,16H,10H2,1-2H3,(H,20,21)(H,22,23)/t16-/m0/s1. The number of carbonyl (C=O) groups excluding carboxylic acids is 1. The van der Waals surface area contributed by atoms with Crippen LogP contribution in [0.1, 0.15) is 27.0 Å². The number of halogens is 1. The van der Waals surface area contributed by atoms with Crippen LogP contribution in [0.15, 0.2) is 42.5 Å². The molecule has 0 unspecified atom stereocenters. The summed E-state index contributed by atoms with van der Waals surface area (Å²) in [6, 6.07) is 12.1. The molecule has 0 spiro atoms. The van der Waals surface area contributed by atoms with Gasteiger partial charge in [0.15, 0.2) is 0 Å². The van der Waals surface area contributed by atoms with E-state index in [-0.39, 0.29) is 12.3 Å². The van der Waals surface area contributed by atoms with Gasteiger partial charge in [0, 0.05) is 15.6 Å². The molecular weight excluding hydrogens is 405 g/mol. The van der Waals surface area contributed by atoms with Crippen LogP contribution in [0.5, 0.6) is 0 Å². The second-order valence-electron chi connectivity index (χ2n) is 5.54. The molecule has 0 radical (unpaired) electrons. The maximum atomic E-state index is 12.4. The number of aryl methyl sites for hydroxylation is 2. The van der Waals surface area contributed by atoms with E-state index < -0.39 is 12.0 Å². The summed E-state index contributed by atoms with van der Waals surface area (Å²) in [5.74, 6) is -1.41. The van der Waals surface area contributed by atoms with E-state index in [0.717, 1.165) is 20.3 Å². The average molecular weight is 423 g/mol. The Kier molecular flexibility index (Phi) is 5.76. The van der Waals surface area contributed by atoms with Crippen LogP contribution < -0.4 is 5.32 Å². The number of hydrogen-bond donors (Lipinski definition) is 2. The van der Waals surface area contributed by atoms with Crippen molar-refractivity contribution in [3.8, 4) is 0 Å². The van der Waals surface area contributed by atoms with Crippen LogP contribution >= 0.6 is 22.6 Å². The molecule has 4 nitrogen and oxygen atoms in total. The van der Waals surface area contributed by atoms with Gasteiger partial charge in [0.2, 0.25) is 0 Å². The molecule has 1 amide bonds. The molecule has 120 valence electrons. The lowest BCUT2D eigenvalue weighted by Gasteiger charge is -2.16. The number of amides is 1. The van der Waals surface area contributed by atoms with Crippen molar-refractivity contribution in [1.29, 1.82) is 0 Å². The number of rotatable bonds is 5. The number of nitrogens with one attached hydrogen (secondary N) is 1. The molecule has 0 bridgehead atoms. The quantitative estimate of drug-likeness (QED) is 0.726. The topological polar surface area (TPSA) is 66.4 Å². The second kappa shape index (κ2) is 7.59. The molecule has 2 aromatic carbocycles. The lowest BCUT2D eigenvalue weighted by atomic mass is 10.0. The van der Waals surface area contributed by atoms with Gasteiger partial charge in [0.05, 0.1) is 0 Å². The molecular formula is C18H18INO3. The summed E-state index contributed by atoms with van der Waals surface area (Å²) in [7, 11) is 0. The van der Waals surface area contributed by atoms with Gasteiger partial charge in [0.25, 0.3) is 5.91 Å². The van der Waals surface area contributed by atoms with Crippen molar-refractivity contribution < 1.29 is 14.7 Å². The van der Waals surface area contributed by atoms with Gasteiger partial charge in [-0.1, -0.05) is 35.4 Å². The SMILES string of the molecule is Cc1cc(C)cc(C(=O)N[C@@H](Cc2ccccc2I)C(=O)O)c1. The Bertz CT molecular complexity index is 723. The summed E-state index contributed by atoms with van der Waals surface area (Å²) in [5.41, 5.74) is 3.33. The summed E-state index contributed by atoms with van der Waals surface area (Å²) in [6.07, 6.45) is 0.255. The van der Waals surface area contributed by atoms with Crippen LogP contribution in [-0.2, 0) is 11.2 Å². The maximum absolute atomic E-state index is 12.4. The first kappa shape index (κ1) is 17.5. The van der Waals surface area contributed by atoms with E-state index in [2.05, 4.69) is 27.9 Å². The van der Waals surface area contributed by atoms with Crippen LogP contribution in [-0.4, -0.2) is 23.0 Å². The first-order valence-corrected chi connectivity index (χ1v) is 8.30. The highest BCUT2D eigenvalue weighted by Crippen LogP contribution is 2.14. The van der Waals surface area contributed by atoms with Gasteiger partial charge in [-0.3, -0.25) is 4.79 Å². The van der Waals surface area contributed by atoms with E-state index >= 15 is 0 Å². The summed E-state index contributed by atoms with van der Waals surface area (Å²) < 4.78 is 0.983. The maximum Gasteiger partial charge on any atom is 0.326 e. The molecule has 0 fully saturated rings. The van der Waals surface area contributed by atoms with Gasteiger partial charge in [-0.05, 0) is 60.2 Å². The van der Waals surface area contributed by atoms with Crippen molar-refractivity contribution in [2.24, 2.45) is 0 Å². The highest BCUT2D eigenvalue weighted by atomic mass is 127. The molecule has 0 aromatic heterocycles. The molecule has 2 rings (SSSR count). The Labute approximate surface area is 149 Å². The highest BCUT2D eigenvalue weighted by molar-refractivity contribution is 14.1. The molecule has 0 aliphatic rings. The minimum absolute atomic E-state index is 0.255. The predicted molar refractivity (Wildman–Crippen MR) is 97.7 cm³/mol. The van der Waals surface area contributed by atoms with Gasteiger partial charge in [-0.15, -0.1) is 0 Å². The van der Waals surface area contributed by atoms with Crippen molar-refractivity contribution in [1.82, 2.24) is 5.32 Å². The highest BCUT2D eigenvalue weighted by Gasteiger charge is 2.22. The van der Waals surface area contributed by atoms with E-state index in [0.29, 0.717) is 5.56 Å². The zero-order valence-electron chi connectivity index (χ0n) is 13.0. The average Bonchev–Trinajstić information content (AvgIpc) is 2.47. The molecule has 1 atom stereocenters. The van der Waals surface area contributed by atoms with Crippen LogP contribution in [0, 0.1) is 17.4 Å². The van der Waals surface area contributed by atoms with E-state index in [1.807, 2.05) is 44.2 Å². The zero-order chi connectivity index (χ0) is 17.0. The molecule has 0 saturated heterocycles. The normalized spacial score (nSPS) is 11.8. The molecule has 0 heterocycles. The first-order valence-electron chi connectivity index (χ1n) is 7.22. The molecule has 0 aliphatic carbocycles. The van der Waals surface area contributed by atoms with Crippen molar-refractivity contribution in [2.75, 3.05) is 0 Å². The number of benzene rings is 2. The third-order valence-electron chi connectivity index (χ3n) is 3.47. The third-order valence-corrected chi connectivity index (χ3v) is 4.52. The predicted octanol–water partition coefficient (Wildman–Crippen LogP) is 3.33. The monoisotopic (exact) mass is 423 g/mol. The van der Waals surface area contributed by atoms with E-state index in [4.69, 9.17) is 0 Å². The number of carboxylic acid groups (broad SMARTS) is 1. The summed E-state index contributed by atoms with van der Waals surface area (Å²) >= 11 is 2.17. The molecule has 2 aromatic rings. The molecule has 5 heteroatoms. The van der Waals surface area contributed by atoms with Gasteiger partial charge in [-0.25, -0.2) is 4.79 Å². The molecule has 23 heavy (non-hydrogen) atoms. The van der Waals surface area contributed by atoms with Crippen molar-refractivity contribution in [2.45, 2.75) is 26.3 Å². The Hall–Kier alpha value is -1.89. The number of carboxylic acids is 1. The van der Waals surface area contributed by atoms with Gasteiger partial charge >= 0.3 is 5.97 Å². The zero-order valence-corrected chi connectivity index (χ0v) is 15.1. The molecule has 0 saturated carbocycles. The minimum atomic E-state index is -1.04. The van der Waals surface area contributed by atoms with E-state index in [1.54, 1.807) is 12.1 Å². The summed E-state index contributed by atoms with van der Waals surface area (Å²) in [6.45, 7) is 3.82. The van der Waals surface area contributed by atoms with Crippen molar-refractivity contribution >= 4 is 34.5 Å². The van der Waals surface area contributed by atoms with Crippen LogP contribution in [0.3, 0.4) is 0 Å². The molecule has 2 N–H and O–H groups in total. The molecule has 0 aliphatic heterocycles. The Morgan fingerprint density at radius 3 is 2.30 bits per heavy atom. The van der Waals surface area contributed by atoms with Crippen LogP contribution in [0.25, 0.3) is 0 Å². The number of aliphatic carboxylic acids is 1. The lowest BCUT2D eigenvalue weighted by Crippen LogP contribution is -2.42. The number of hydrogen-bond acceptors (Lipinski definition) is 2. The van der Waals surface area contributed by atoms with Crippen LogP contribution in [0.4, 0.5) is 0 Å². The summed E-state index contributed by atoms with van der Waals surface area (Å²) in [4.78, 5) is 23.9. The minimum Gasteiger partial charge on any atom is -0.480 e.